The van der Waals surface area contributed by atoms with Crippen LogP contribution >= 0.6 is 11.8 Å². The number of benzene rings is 1. The number of piperidine rings is 1. The van der Waals surface area contributed by atoms with Crippen LogP contribution in [0.3, 0.4) is 0 Å². The van der Waals surface area contributed by atoms with Crippen LogP contribution in [-0.2, 0) is 21.9 Å². The molecule has 1 fully saturated rings. The first-order chi connectivity index (χ1) is 11.5. The monoisotopic (exact) mass is 365 g/mol. The molecule has 1 aliphatic carbocycles. The van der Waals surface area contributed by atoms with Crippen molar-refractivity contribution in [3.8, 4) is 0 Å². The van der Waals surface area contributed by atoms with Gasteiger partial charge in [-0.2, -0.15) is 4.31 Å². The van der Waals surface area contributed by atoms with E-state index in [4.69, 9.17) is 0 Å². The SMILES string of the molecule is CC/C=C(\SC)S(=O)(=O)N1CCC2(CC1)c1ccccc1CC2C. The van der Waals surface area contributed by atoms with Gasteiger partial charge >= 0.3 is 0 Å². The van der Waals surface area contributed by atoms with Crippen molar-refractivity contribution >= 4 is 21.8 Å². The fourth-order valence-corrected chi connectivity index (χ4v) is 7.24. The van der Waals surface area contributed by atoms with Crippen molar-refractivity contribution < 1.29 is 8.42 Å². The first kappa shape index (κ1) is 18.0. The third kappa shape index (κ3) is 2.85. The van der Waals surface area contributed by atoms with Crippen molar-refractivity contribution in [3.63, 3.8) is 0 Å². The smallest absolute Gasteiger partial charge is 0.206 e. The highest BCUT2D eigenvalue weighted by Gasteiger charge is 2.47. The maximum absolute atomic E-state index is 12.9. The van der Waals surface area contributed by atoms with Crippen LogP contribution in [0.1, 0.15) is 44.2 Å². The molecule has 0 saturated carbocycles. The zero-order valence-corrected chi connectivity index (χ0v) is 16.4. The van der Waals surface area contributed by atoms with Crippen LogP contribution in [0.2, 0.25) is 0 Å². The average Bonchev–Trinajstić information content (AvgIpc) is 2.85. The van der Waals surface area contributed by atoms with E-state index < -0.39 is 10.0 Å². The Kier molecular flexibility index (Phi) is 5.14. The Bertz CT molecular complexity index is 731. The second kappa shape index (κ2) is 6.85. The molecule has 3 rings (SSSR count). The zero-order valence-electron chi connectivity index (χ0n) is 14.8. The Labute approximate surface area is 150 Å². The molecule has 0 radical (unpaired) electrons. The van der Waals surface area contributed by atoms with Crippen molar-refractivity contribution in [1.82, 2.24) is 4.31 Å². The Balaban J connectivity index is 1.83. The lowest BCUT2D eigenvalue weighted by molar-refractivity contribution is 0.185. The van der Waals surface area contributed by atoms with E-state index in [1.807, 2.05) is 19.3 Å². The summed E-state index contributed by atoms with van der Waals surface area (Å²) in [4.78, 5) is 0. The van der Waals surface area contributed by atoms with Crippen molar-refractivity contribution in [1.29, 1.82) is 0 Å². The highest BCUT2D eigenvalue weighted by molar-refractivity contribution is 8.17. The van der Waals surface area contributed by atoms with E-state index >= 15 is 0 Å². The first-order valence-corrected chi connectivity index (χ1v) is 11.4. The van der Waals surface area contributed by atoms with E-state index in [1.165, 1.54) is 22.9 Å². The van der Waals surface area contributed by atoms with Crippen LogP contribution in [0.5, 0.6) is 0 Å². The Morgan fingerprint density at radius 1 is 1.33 bits per heavy atom. The van der Waals surface area contributed by atoms with Gasteiger partial charge in [0, 0.05) is 18.5 Å². The van der Waals surface area contributed by atoms with Crippen molar-refractivity contribution in [2.75, 3.05) is 19.3 Å². The predicted octanol–water partition coefficient (Wildman–Crippen LogP) is 4.16. The van der Waals surface area contributed by atoms with Gasteiger partial charge in [-0.25, -0.2) is 8.42 Å². The van der Waals surface area contributed by atoms with E-state index in [2.05, 4.69) is 31.2 Å². The molecule has 0 bridgehead atoms. The van der Waals surface area contributed by atoms with Gasteiger partial charge in [-0.15, -0.1) is 11.8 Å². The number of nitrogens with zero attached hydrogens (tertiary/aromatic N) is 1. The van der Waals surface area contributed by atoms with Gasteiger partial charge in [0.05, 0.1) is 0 Å². The van der Waals surface area contributed by atoms with E-state index in [9.17, 15) is 8.42 Å². The summed E-state index contributed by atoms with van der Waals surface area (Å²) in [6.45, 7) is 5.56. The second-order valence-electron chi connectivity index (χ2n) is 6.96. The van der Waals surface area contributed by atoms with Crippen molar-refractivity contribution in [2.24, 2.45) is 5.92 Å². The number of thioether (sulfide) groups is 1. The molecule has 1 saturated heterocycles. The number of allylic oxidation sites excluding steroid dienone is 1. The molecule has 1 unspecified atom stereocenters. The van der Waals surface area contributed by atoms with Gasteiger partial charge in [0.2, 0.25) is 10.0 Å². The van der Waals surface area contributed by atoms with Gasteiger partial charge in [-0.3, -0.25) is 0 Å². The maximum atomic E-state index is 12.9. The normalized spacial score (nSPS) is 24.3. The molecule has 1 aromatic rings. The topological polar surface area (TPSA) is 37.4 Å². The van der Waals surface area contributed by atoms with Gasteiger partial charge in [0.25, 0.3) is 0 Å². The highest BCUT2D eigenvalue weighted by atomic mass is 32.3. The van der Waals surface area contributed by atoms with Crippen molar-refractivity contribution in [3.05, 3.63) is 45.7 Å². The molecule has 1 spiro atoms. The van der Waals surface area contributed by atoms with Crippen molar-refractivity contribution in [2.45, 2.75) is 44.9 Å². The van der Waals surface area contributed by atoms with Crippen LogP contribution in [0.15, 0.2) is 34.6 Å². The van der Waals surface area contributed by atoms with E-state index in [1.54, 1.807) is 4.31 Å². The molecule has 1 aromatic carbocycles. The number of fused-ring (bicyclic) bond motifs is 2. The summed E-state index contributed by atoms with van der Waals surface area (Å²) in [5.41, 5.74) is 3.08. The lowest BCUT2D eigenvalue weighted by atomic mass is 9.69. The Morgan fingerprint density at radius 2 is 2.00 bits per heavy atom. The van der Waals surface area contributed by atoms with Gasteiger partial charge in [0.1, 0.15) is 4.24 Å². The van der Waals surface area contributed by atoms with Crippen LogP contribution < -0.4 is 0 Å². The number of sulfonamides is 1. The molecule has 1 atom stereocenters. The summed E-state index contributed by atoms with van der Waals surface area (Å²) >= 11 is 1.34. The molecule has 0 N–H and O–H groups in total. The molecular formula is C19H27NO2S2. The quantitative estimate of drug-likeness (QED) is 0.804. The minimum absolute atomic E-state index is 0.163. The molecule has 0 aromatic heterocycles. The summed E-state index contributed by atoms with van der Waals surface area (Å²) in [7, 11) is -3.32. The lowest BCUT2D eigenvalue weighted by Gasteiger charge is -2.42. The Morgan fingerprint density at radius 3 is 2.62 bits per heavy atom. The summed E-state index contributed by atoms with van der Waals surface area (Å²) in [6, 6.07) is 8.73. The van der Waals surface area contributed by atoms with Gasteiger partial charge in [-0.05, 0) is 49.0 Å². The average molecular weight is 366 g/mol. The summed E-state index contributed by atoms with van der Waals surface area (Å²) in [5, 5.41) is 0. The van der Waals surface area contributed by atoms with Crippen LogP contribution in [-0.4, -0.2) is 32.1 Å². The maximum Gasteiger partial charge on any atom is 0.248 e. The number of hydrogen-bond donors (Lipinski definition) is 0. The predicted molar refractivity (Wildman–Crippen MR) is 103 cm³/mol. The first-order valence-electron chi connectivity index (χ1n) is 8.78. The highest BCUT2D eigenvalue weighted by Crippen LogP contribution is 2.50. The van der Waals surface area contributed by atoms with Gasteiger partial charge in [0.15, 0.2) is 0 Å². The molecular weight excluding hydrogens is 338 g/mol. The summed E-state index contributed by atoms with van der Waals surface area (Å²) < 4.78 is 27.9. The minimum Gasteiger partial charge on any atom is -0.206 e. The molecule has 3 nitrogen and oxygen atoms in total. The third-order valence-electron chi connectivity index (χ3n) is 5.80. The molecule has 132 valence electrons. The zero-order chi connectivity index (χ0) is 17.4. The fourth-order valence-electron chi connectivity index (χ4n) is 4.45. The largest absolute Gasteiger partial charge is 0.248 e. The van der Waals surface area contributed by atoms with Crippen LogP contribution in [0.25, 0.3) is 0 Å². The number of rotatable bonds is 4. The van der Waals surface area contributed by atoms with E-state index in [0.29, 0.717) is 23.2 Å². The minimum atomic E-state index is -3.32. The Hall–Kier alpha value is -0.780. The molecule has 1 aliphatic heterocycles. The van der Waals surface area contributed by atoms with E-state index in [0.717, 1.165) is 25.7 Å². The summed E-state index contributed by atoms with van der Waals surface area (Å²) in [6.07, 6.45) is 7.40. The standard InChI is InChI=1S/C19H27NO2S2/c1-4-7-18(23-3)24(21,22)20-12-10-19(11-13-20)15(2)14-16-8-5-6-9-17(16)19/h5-9,15H,4,10-14H2,1-3H3/b18-7+. The van der Waals surface area contributed by atoms with Gasteiger partial charge < -0.3 is 0 Å². The fraction of sp³-hybridized carbons (Fsp3) is 0.579. The molecule has 1 heterocycles. The molecule has 2 aliphatic rings. The third-order valence-corrected chi connectivity index (χ3v) is 9.22. The van der Waals surface area contributed by atoms with Crippen LogP contribution in [0.4, 0.5) is 0 Å². The van der Waals surface area contributed by atoms with Gasteiger partial charge in [-0.1, -0.05) is 44.2 Å². The second-order valence-corrected chi connectivity index (χ2v) is 9.97. The lowest BCUT2D eigenvalue weighted by Crippen LogP contribution is -2.46. The van der Waals surface area contributed by atoms with E-state index in [-0.39, 0.29) is 5.41 Å². The van der Waals surface area contributed by atoms with Crippen LogP contribution in [0, 0.1) is 5.92 Å². The molecule has 5 heteroatoms. The summed E-state index contributed by atoms with van der Waals surface area (Å²) in [5.74, 6) is 0.589. The molecule has 0 amide bonds. The number of hydrogen-bond acceptors (Lipinski definition) is 3. The molecule has 24 heavy (non-hydrogen) atoms.